The molecule has 11 heteroatoms. The molecule has 4 aromatic carbocycles. The predicted molar refractivity (Wildman–Crippen MR) is 186 cm³/mol. The zero-order valence-corrected chi connectivity index (χ0v) is 27.3. The largest absolute Gasteiger partial charge is 0.452 e. The fraction of sp³-hybridized carbons (Fsp3) is 0.229. The Morgan fingerprint density at radius 2 is 1.37 bits per heavy atom. The van der Waals surface area contributed by atoms with E-state index in [0.717, 1.165) is 33.2 Å². The summed E-state index contributed by atoms with van der Waals surface area (Å²) in [5, 5.41) is 10.8. The number of para-hydroxylation sites is 4. The van der Waals surface area contributed by atoms with E-state index >= 15 is 0 Å². The molecule has 0 saturated carbocycles. The van der Waals surface area contributed by atoms with E-state index in [1.807, 2.05) is 60.7 Å². The number of aromatic nitrogens is 4. The Bertz CT molecular complexity index is 2050. The Balaban J connectivity index is 1.23. The van der Waals surface area contributed by atoms with Gasteiger partial charge in [0.1, 0.15) is 6.04 Å². The first kappa shape index (κ1) is 30.0. The summed E-state index contributed by atoms with van der Waals surface area (Å²) in [5.74, 6) is 2.18. The van der Waals surface area contributed by atoms with Crippen molar-refractivity contribution in [2.45, 2.75) is 45.6 Å². The van der Waals surface area contributed by atoms with Gasteiger partial charge in [-0.2, -0.15) is 0 Å². The Kier molecular flexibility index (Phi) is 7.53. The first-order chi connectivity index (χ1) is 22.0. The molecule has 0 bridgehead atoms. The van der Waals surface area contributed by atoms with Gasteiger partial charge in [-0.15, -0.1) is 0 Å². The number of ether oxygens (including phenoxy) is 1. The van der Waals surface area contributed by atoms with Crippen LogP contribution in [-0.4, -0.2) is 31.9 Å². The molecule has 0 saturated heterocycles. The van der Waals surface area contributed by atoms with E-state index in [-0.39, 0.29) is 11.8 Å². The number of H-pyrrole nitrogens is 2. The van der Waals surface area contributed by atoms with Gasteiger partial charge in [0.05, 0.1) is 33.4 Å². The molecule has 5 N–H and O–H groups in total. The van der Waals surface area contributed by atoms with Gasteiger partial charge in [-0.25, -0.2) is 9.97 Å². The van der Waals surface area contributed by atoms with Crippen molar-refractivity contribution in [1.82, 2.24) is 19.9 Å². The summed E-state index contributed by atoms with van der Waals surface area (Å²) in [5.41, 5.74) is 5.66. The molecule has 0 unspecified atom stereocenters. The third kappa shape index (κ3) is 5.61. The highest BCUT2D eigenvalue weighted by molar-refractivity contribution is 6.31. The summed E-state index contributed by atoms with van der Waals surface area (Å²) in [6, 6.07) is 22.3. The quantitative estimate of drug-likeness (QED) is 0.112. The number of aromatic amines is 2. The molecule has 234 valence electrons. The van der Waals surface area contributed by atoms with Gasteiger partial charge in [0, 0.05) is 26.6 Å². The van der Waals surface area contributed by atoms with Crippen LogP contribution in [0.25, 0.3) is 22.1 Å². The lowest BCUT2D eigenvalue weighted by Gasteiger charge is -2.36. The smallest absolute Gasteiger partial charge is 0.247 e. The van der Waals surface area contributed by atoms with Crippen molar-refractivity contribution in [3.8, 4) is 11.5 Å². The van der Waals surface area contributed by atoms with E-state index in [1.54, 1.807) is 12.1 Å². The van der Waals surface area contributed by atoms with Gasteiger partial charge in [0.2, 0.25) is 17.8 Å². The molecule has 0 fully saturated rings. The summed E-state index contributed by atoms with van der Waals surface area (Å²) in [6.45, 7) is 8.32. The third-order valence-electron chi connectivity index (χ3n) is 8.28. The Morgan fingerprint density at radius 1 is 0.826 bits per heavy atom. The van der Waals surface area contributed by atoms with Crippen LogP contribution >= 0.6 is 23.2 Å². The Morgan fingerprint density at radius 3 is 1.98 bits per heavy atom. The van der Waals surface area contributed by atoms with Gasteiger partial charge >= 0.3 is 0 Å². The third-order valence-corrected chi connectivity index (χ3v) is 8.72. The van der Waals surface area contributed by atoms with Crippen LogP contribution in [0.5, 0.6) is 11.5 Å². The second-order valence-electron chi connectivity index (χ2n) is 12.5. The lowest BCUT2D eigenvalue weighted by atomic mass is 9.75. The van der Waals surface area contributed by atoms with E-state index in [2.05, 4.69) is 63.6 Å². The molecule has 3 heterocycles. The molecule has 1 aliphatic rings. The molecule has 2 aromatic heterocycles. The maximum Gasteiger partial charge on any atom is 0.247 e. The molecular formula is C35H33Cl2N7O2. The topological polar surface area (TPSA) is 120 Å². The van der Waals surface area contributed by atoms with Crippen molar-refractivity contribution in [2.24, 2.45) is 5.92 Å². The average molecular weight is 655 g/mol. The van der Waals surface area contributed by atoms with Crippen LogP contribution in [0.3, 0.4) is 0 Å². The number of imidazole rings is 2. The van der Waals surface area contributed by atoms with Crippen LogP contribution in [0.4, 0.5) is 23.3 Å². The molecule has 1 amide bonds. The minimum Gasteiger partial charge on any atom is -0.452 e. The minimum absolute atomic E-state index is 0.234. The number of nitrogens with zero attached hydrogens (tertiary/aromatic N) is 2. The van der Waals surface area contributed by atoms with Crippen LogP contribution in [-0.2, 0) is 10.2 Å². The SMILES string of the molecule is CC(C)C[C@H](Nc1nc2ccccc2[nH]1)C(=O)Nc1cc(Cl)cc2c1Oc1c(Nc3nc4ccccc4[nH]3)cc(Cl)cc1C2(C)C. The lowest BCUT2D eigenvalue weighted by Crippen LogP contribution is -2.36. The Hall–Kier alpha value is -4.73. The van der Waals surface area contributed by atoms with Crippen LogP contribution < -0.4 is 20.7 Å². The number of hydrogen-bond acceptors (Lipinski definition) is 6. The number of benzene rings is 4. The molecule has 0 radical (unpaired) electrons. The zero-order valence-electron chi connectivity index (χ0n) is 25.8. The number of halogens is 2. The summed E-state index contributed by atoms with van der Waals surface area (Å²) in [6.07, 6.45) is 0.574. The maximum atomic E-state index is 14.0. The Labute approximate surface area is 276 Å². The van der Waals surface area contributed by atoms with Crippen LogP contribution in [0, 0.1) is 5.92 Å². The van der Waals surface area contributed by atoms with Crippen LogP contribution in [0.15, 0.2) is 72.8 Å². The normalized spacial score (nSPS) is 14.1. The number of anilines is 4. The number of nitrogens with one attached hydrogen (secondary N) is 5. The summed E-state index contributed by atoms with van der Waals surface area (Å²) in [7, 11) is 0. The molecular weight excluding hydrogens is 621 g/mol. The maximum absolute atomic E-state index is 14.0. The van der Waals surface area contributed by atoms with E-state index < -0.39 is 11.5 Å². The fourth-order valence-electron chi connectivity index (χ4n) is 6.02. The van der Waals surface area contributed by atoms with Crippen molar-refractivity contribution >= 4 is 74.4 Å². The average Bonchev–Trinajstić information content (AvgIpc) is 3.61. The van der Waals surface area contributed by atoms with E-state index in [1.165, 1.54) is 0 Å². The molecule has 1 aliphatic heterocycles. The second-order valence-corrected chi connectivity index (χ2v) is 13.4. The highest BCUT2D eigenvalue weighted by Crippen LogP contribution is 2.55. The number of carbonyl (C=O) groups is 1. The van der Waals surface area contributed by atoms with Crippen molar-refractivity contribution in [1.29, 1.82) is 0 Å². The second kappa shape index (κ2) is 11.6. The van der Waals surface area contributed by atoms with Gasteiger partial charge < -0.3 is 30.7 Å². The zero-order chi connectivity index (χ0) is 32.2. The first-order valence-corrected chi connectivity index (χ1v) is 15.9. The van der Waals surface area contributed by atoms with Gasteiger partial charge in [-0.3, -0.25) is 4.79 Å². The highest BCUT2D eigenvalue weighted by Gasteiger charge is 2.38. The van der Waals surface area contributed by atoms with Gasteiger partial charge in [-0.05, 0) is 60.9 Å². The van der Waals surface area contributed by atoms with Crippen molar-refractivity contribution in [3.05, 3.63) is 94.0 Å². The first-order valence-electron chi connectivity index (χ1n) is 15.1. The number of amides is 1. The lowest BCUT2D eigenvalue weighted by molar-refractivity contribution is -0.117. The monoisotopic (exact) mass is 653 g/mol. The van der Waals surface area contributed by atoms with Crippen LogP contribution in [0.2, 0.25) is 10.0 Å². The fourth-order valence-corrected chi connectivity index (χ4v) is 6.45. The molecule has 0 aliphatic carbocycles. The number of fused-ring (bicyclic) bond motifs is 4. The minimum atomic E-state index is -0.580. The number of carbonyl (C=O) groups excluding carboxylic acids is 1. The van der Waals surface area contributed by atoms with E-state index in [4.69, 9.17) is 27.9 Å². The molecule has 7 rings (SSSR count). The molecule has 46 heavy (non-hydrogen) atoms. The molecule has 9 nitrogen and oxygen atoms in total. The molecule has 6 aromatic rings. The van der Waals surface area contributed by atoms with Crippen molar-refractivity contribution in [3.63, 3.8) is 0 Å². The highest BCUT2D eigenvalue weighted by atomic mass is 35.5. The van der Waals surface area contributed by atoms with Gasteiger partial charge in [0.25, 0.3) is 0 Å². The van der Waals surface area contributed by atoms with Crippen LogP contribution in [0.1, 0.15) is 45.2 Å². The number of rotatable bonds is 8. The van der Waals surface area contributed by atoms with Gasteiger partial charge in [-0.1, -0.05) is 75.2 Å². The van der Waals surface area contributed by atoms with Crippen molar-refractivity contribution in [2.75, 3.05) is 16.0 Å². The van der Waals surface area contributed by atoms with Gasteiger partial charge in [0.15, 0.2) is 11.5 Å². The summed E-state index contributed by atoms with van der Waals surface area (Å²) >= 11 is 13.3. The molecule has 1 atom stereocenters. The summed E-state index contributed by atoms with van der Waals surface area (Å²) < 4.78 is 6.68. The number of hydrogen-bond donors (Lipinski definition) is 5. The standard InChI is InChI=1S/C35H33Cl2N7O2/c1-18(2)13-29(44-34-41-25-11-7-8-12-26(25)42-34)32(45)38-27-16-19(36)14-21-30(27)46-31-22(35(21,3)4)15-20(37)17-28(31)43-33-39-23-9-5-6-10-24(23)40-33/h5-12,14-18,29H,13H2,1-4H3,(H,38,45)(H2,39,40,43)(H2,41,42,44)/t29-/m0/s1. The van der Waals surface area contributed by atoms with E-state index in [9.17, 15) is 4.79 Å². The van der Waals surface area contributed by atoms with E-state index in [0.29, 0.717) is 51.2 Å². The summed E-state index contributed by atoms with van der Waals surface area (Å²) in [4.78, 5) is 29.8. The van der Waals surface area contributed by atoms with Crippen molar-refractivity contribution < 1.29 is 9.53 Å². The molecule has 0 spiro atoms. The predicted octanol–water partition coefficient (Wildman–Crippen LogP) is 9.39.